The van der Waals surface area contributed by atoms with Crippen LogP contribution in [0.5, 0.6) is 0 Å². The van der Waals surface area contributed by atoms with Crippen molar-refractivity contribution in [2.24, 2.45) is 5.92 Å². The van der Waals surface area contributed by atoms with E-state index >= 15 is 0 Å². The molecule has 5 rings (SSSR count). The van der Waals surface area contributed by atoms with Crippen LogP contribution in [-0.4, -0.2) is 45.0 Å². The van der Waals surface area contributed by atoms with Gasteiger partial charge in [0.25, 0.3) is 0 Å². The fourth-order valence-corrected chi connectivity index (χ4v) is 4.87. The fourth-order valence-electron chi connectivity index (χ4n) is 4.09. The van der Waals surface area contributed by atoms with Crippen molar-refractivity contribution in [3.63, 3.8) is 0 Å². The van der Waals surface area contributed by atoms with Crippen LogP contribution in [0.15, 0.2) is 11.4 Å². The van der Waals surface area contributed by atoms with Gasteiger partial charge in [0.2, 0.25) is 5.95 Å². The summed E-state index contributed by atoms with van der Waals surface area (Å²) in [6, 6.07) is 2.05. The normalized spacial score (nSPS) is 18.0. The summed E-state index contributed by atoms with van der Waals surface area (Å²) >= 11 is 1.66. The molecule has 0 spiro atoms. The summed E-state index contributed by atoms with van der Waals surface area (Å²) < 4.78 is 1.07. The number of hydrogen-bond donors (Lipinski definition) is 3. The van der Waals surface area contributed by atoms with Crippen molar-refractivity contribution in [3.05, 3.63) is 22.7 Å². The number of rotatable bonds is 4. The first-order valence-corrected chi connectivity index (χ1v) is 10.6. The van der Waals surface area contributed by atoms with Crippen LogP contribution in [0.1, 0.15) is 36.9 Å². The quantitative estimate of drug-likeness (QED) is 0.640. The molecule has 4 heterocycles. The number of fused-ring (bicyclic) bond motifs is 2. The zero-order valence-electron chi connectivity index (χ0n) is 15.2. The molecule has 3 N–H and O–H groups in total. The maximum absolute atomic E-state index is 9.38. The Morgan fingerprint density at radius 3 is 2.89 bits per heavy atom. The lowest BCUT2D eigenvalue weighted by Crippen LogP contribution is -2.35. The molecule has 1 fully saturated rings. The third-order valence-corrected chi connectivity index (χ3v) is 6.65. The summed E-state index contributed by atoms with van der Waals surface area (Å²) in [5.41, 5.74) is 3.53. The molecule has 27 heavy (non-hydrogen) atoms. The van der Waals surface area contributed by atoms with E-state index in [9.17, 15) is 5.11 Å². The maximum atomic E-state index is 9.38. The molecule has 0 bridgehead atoms. The number of aromatic nitrogens is 4. The number of aliphatic hydroxyl groups excluding tert-OH is 1. The summed E-state index contributed by atoms with van der Waals surface area (Å²) in [5, 5.41) is 22.6. The van der Waals surface area contributed by atoms with Gasteiger partial charge in [0, 0.05) is 31.0 Å². The third kappa shape index (κ3) is 3.17. The van der Waals surface area contributed by atoms with E-state index in [2.05, 4.69) is 31.9 Å². The Morgan fingerprint density at radius 1 is 1.19 bits per heavy atom. The summed E-state index contributed by atoms with van der Waals surface area (Å²) in [7, 11) is 0. The predicted molar refractivity (Wildman–Crippen MR) is 108 cm³/mol. The first kappa shape index (κ1) is 16.9. The lowest BCUT2D eigenvalue weighted by Gasteiger charge is -2.31. The molecule has 1 saturated heterocycles. The van der Waals surface area contributed by atoms with E-state index in [1.165, 1.54) is 24.1 Å². The van der Waals surface area contributed by atoms with Crippen molar-refractivity contribution in [1.82, 2.24) is 20.2 Å². The van der Waals surface area contributed by atoms with Crippen molar-refractivity contribution in [1.29, 1.82) is 0 Å². The van der Waals surface area contributed by atoms with Gasteiger partial charge in [-0.1, -0.05) is 0 Å². The van der Waals surface area contributed by atoms with Crippen molar-refractivity contribution < 1.29 is 5.11 Å². The van der Waals surface area contributed by atoms with Crippen LogP contribution < -0.4 is 10.2 Å². The van der Waals surface area contributed by atoms with Crippen LogP contribution in [0.2, 0.25) is 0 Å². The van der Waals surface area contributed by atoms with E-state index in [1.54, 1.807) is 11.3 Å². The summed E-state index contributed by atoms with van der Waals surface area (Å²) in [6.07, 6.45) is 6.55. The SMILES string of the molecule is OCC1CCN(c2nc(Nc3n[nH]c4c3CCCC4)c3sccc3n2)CC1. The Kier molecular flexibility index (Phi) is 4.45. The molecule has 0 radical (unpaired) electrons. The van der Waals surface area contributed by atoms with Gasteiger partial charge in [-0.2, -0.15) is 10.1 Å². The molecule has 142 valence electrons. The number of H-pyrrole nitrogens is 1. The number of aliphatic hydroxyl groups is 1. The minimum Gasteiger partial charge on any atom is -0.396 e. The minimum atomic E-state index is 0.273. The van der Waals surface area contributed by atoms with Crippen LogP contribution in [0.4, 0.5) is 17.6 Å². The van der Waals surface area contributed by atoms with E-state index in [1.807, 2.05) is 0 Å². The number of nitrogens with one attached hydrogen (secondary N) is 2. The highest BCUT2D eigenvalue weighted by atomic mass is 32.1. The Hall–Kier alpha value is -2.19. The number of piperidine rings is 1. The minimum absolute atomic E-state index is 0.273. The highest BCUT2D eigenvalue weighted by molar-refractivity contribution is 7.17. The zero-order valence-corrected chi connectivity index (χ0v) is 16.1. The number of aryl methyl sites for hydroxylation is 1. The number of thiophene rings is 1. The smallest absolute Gasteiger partial charge is 0.227 e. The molecule has 0 atom stereocenters. The van der Waals surface area contributed by atoms with E-state index in [4.69, 9.17) is 9.97 Å². The molecule has 2 aliphatic rings. The van der Waals surface area contributed by atoms with Gasteiger partial charge in [0.15, 0.2) is 11.6 Å². The average molecular weight is 385 g/mol. The Labute approximate surface area is 161 Å². The molecule has 3 aromatic heterocycles. The first-order valence-electron chi connectivity index (χ1n) is 9.76. The van der Waals surface area contributed by atoms with Crippen molar-refractivity contribution >= 4 is 39.1 Å². The van der Waals surface area contributed by atoms with E-state index < -0.39 is 0 Å². The molecule has 8 heteroatoms. The molecule has 0 saturated carbocycles. The third-order valence-electron chi connectivity index (χ3n) is 5.74. The monoisotopic (exact) mass is 384 g/mol. The number of hydrogen-bond acceptors (Lipinski definition) is 7. The summed E-state index contributed by atoms with van der Waals surface area (Å²) in [4.78, 5) is 11.9. The lowest BCUT2D eigenvalue weighted by molar-refractivity contribution is 0.202. The average Bonchev–Trinajstić information content (AvgIpc) is 3.35. The molecule has 7 nitrogen and oxygen atoms in total. The number of anilines is 3. The van der Waals surface area contributed by atoms with Crippen molar-refractivity contribution in [2.75, 3.05) is 29.9 Å². The van der Waals surface area contributed by atoms with E-state index in [0.29, 0.717) is 5.92 Å². The number of nitrogens with zero attached hydrogens (tertiary/aromatic N) is 4. The van der Waals surface area contributed by atoms with Gasteiger partial charge >= 0.3 is 0 Å². The Morgan fingerprint density at radius 2 is 2.04 bits per heavy atom. The Bertz CT molecular complexity index is 943. The topological polar surface area (TPSA) is 90.0 Å². The van der Waals surface area contributed by atoms with Gasteiger partial charge in [0.05, 0.1) is 10.2 Å². The van der Waals surface area contributed by atoms with E-state index in [0.717, 1.165) is 66.6 Å². The molecule has 1 aliphatic heterocycles. The number of aromatic amines is 1. The molecule has 1 aliphatic carbocycles. The van der Waals surface area contributed by atoms with Crippen LogP contribution in [0.3, 0.4) is 0 Å². The molecule has 0 aromatic carbocycles. The van der Waals surface area contributed by atoms with Crippen LogP contribution in [0.25, 0.3) is 10.2 Å². The lowest BCUT2D eigenvalue weighted by atomic mass is 9.97. The fraction of sp³-hybridized carbons (Fsp3) is 0.526. The van der Waals surface area contributed by atoms with Crippen molar-refractivity contribution in [2.45, 2.75) is 38.5 Å². The predicted octanol–water partition coefficient (Wildman–Crippen LogP) is 3.25. The second-order valence-electron chi connectivity index (χ2n) is 7.48. The van der Waals surface area contributed by atoms with Gasteiger partial charge in [-0.25, -0.2) is 4.98 Å². The van der Waals surface area contributed by atoms with Crippen LogP contribution in [0, 0.1) is 5.92 Å². The molecular weight excluding hydrogens is 360 g/mol. The van der Waals surface area contributed by atoms with Crippen LogP contribution in [-0.2, 0) is 12.8 Å². The van der Waals surface area contributed by atoms with Gasteiger partial charge in [-0.15, -0.1) is 11.3 Å². The highest BCUT2D eigenvalue weighted by Gasteiger charge is 2.23. The second-order valence-corrected chi connectivity index (χ2v) is 8.40. The maximum Gasteiger partial charge on any atom is 0.227 e. The first-order chi connectivity index (χ1) is 13.3. The van der Waals surface area contributed by atoms with Gasteiger partial charge < -0.3 is 15.3 Å². The largest absolute Gasteiger partial charge is 0.396 e. The molecular formula is C19H24N6OS. The summed E-state index contributed by atoms with van der Waals surface area (Å²) in [5.74, 6) is 2.92. The van der Waals surface area contributed by atoms with E-state index in [-0.39, 0.29) is 6.61 Å². The van der Waals surface area contributed by atoms with Crippen LogP contribution >= 0.6 is 11.3 Å². The molecule has 3 aromatic rings. The Balaban J connectivity index is 1.47. The van der Waals surface area contributed by atoms with Gasteiger partial charge in [-0.3, -0.25) is 5.10 Å². The molecule has 0 unspecified atom stereocenters. The standard InChI is InChI=1S/C19H24N6OS/c26-11-12-5-8-25(9-6-12)19-20-15-7-10-27-16(15)18(22-19)21-17-13-3-1-2-4-14(13)23-24-17/h7,10,12,26H,1-6,8-9,11H2,(H2,20,21,22,23,24). The summed E-state index contributed by atoms with van der Waals surface area (Å²) in [6.45, 7) is 2.05. The molecule has 0 amide bonds. The zero-order chi connectivity index (χ0) is 18.2. The second kappa shape index (κ2) is 7.09. The highest BCUT2D eigenvalue weighted by Crippen LogP contribution is 2.33. The van der Waals surface area contributed by atoms with Crippen molar-refractivity contribution in [3.8, 4) is 0 Å². The van der Waals surface area contributed by atoms with Gasteiger partial charge in [0.1, 0.15) is 0 Å². The van der Waals surface area contributed by atoms with Gasteiger partial charge in [-0.05, 0) is 55.9 Å².